The van der Waals surface area contributed by atoms with Gasteiger partial charge in [0.25, 0.3) is 0 Å². The first-order chi connectivity index (χ1) is 7.79. The molecule has 0 saturated carbocycles. The maximum absolute atomic E-state index is 8.87. The minimum Gasteiger partial charge on any atom is -0.381 e. The van der Waals surface area contributed by atoms with E-state index < -0.39 is 0 Å². The van der Waals surface area contributed by atoms with Gasteiger partial charge in [0.2, 0.25) is 0 Å². The molecule has 0 saturated heterocycles. The highest BCUT2D eigenvalue weighted by Gasteiger charge is 2.22. The van der Waals surface area contributed by atoms with Crippen LogP contribution >= 0.6 is 0 Å². The molecule has 0 spiro atoms. The van der Waals surface area contributed by atoms with Crippen LogP contribution in [0.3, 0.4) is 0 Å². The zero-order valence-electron chi connectivity index (χ0n) is 8.44. The molecular weight excluding hydrogens is 200 g/mol. The number of nitrogens with zero attached hydrogens (tertiary/aromatic N) is 3. The number of nitrogens with two attached hydrogens (primary N) is 1. The largest absolute Gasteiger partial charge is 0.381 e. The van der Waals surface area contributed by atoms with Crippen molar-refractivity contribution in [1.82, 2.24) is 9.97 Å². The van der Waals surface area contributed by atoms with Gasteiger partial charge in [0.1, 0.15) is 6.07 Å². The van der Waals surface area contributed by atoms with Crippen LogP contribution in [0.2, 0.25) is 0 Å². The molecule has 0 radical (unpaired) electrons. The number of nitrogen functional groups attached to an aromatic ring is 1. The molecular formula is C12H8N4. The van der Waals surface area contributed by atoms with Crippen molar-refractivity contribution in [2.75, 3.05) is 5.73 Å². The Balaban J connectivity index is 2.29. The molecule has 0 atom stereocenters. The molecule has 4 heteroatoms. The number of rotatable bonds is 0. The Morgan fingerprint density at radius 2 is 2.06 bits per heavy atom. The Kier molecular flexibility index (Phi) is 1.68. The van der Waals surface area contributed by atoms with Gasteiger partial charge in [-0.25, -0.2) is 9.97 Å². The highest BCUT2D eigenvalue weighted by Crippen LogP contribution is 2.34. The number of fused-ring (bicyclic) bond motifs is 3. The van der Waals surface area contributed by atoms with Crippen LogP contribution in [0.4, 0.5) is 5.82 Å². The van der Waals surface area contributed by atoms with Crippen LogP contribution in [-0.4, -0.2) is 9.97 Å². The standard InChI is InChI=1S/C12H8N4/c13-6-10-12(14)16-9-5-7-3-1-2-4-8(7)11(9)15-10/h1-4H,5H2,(H2,14,16). The number of hydrogen-bond acceptors (Lipinski definition) is 4. The summed E-state index contributed by atoms with van der Waals surface area (Å²) in [5, 5.41) is 8.87. The monoisotopic (exact) mass is 208 g/mol. The summed E-state index contributed by atoms with van der Waals surface area (Å²) in [5.74, 6) is 0.217. The lowest BCUT2D eigenvalue weighted by Crippen LogP contribution is -2.01. The van der Waals surface area contributed by atoms with Gasteiger partial charge in [0.05, 0.1) is 11.4 Å². The van der Waals surface area contributed by atoms with E-state index in [1.165, 1.54) is 5.56 Å². The van der Waals surface area contributed by atoms with E-state index in [1.54, 1.807) is 0 Å². The van der Waals surface area contributed by atoms with E-state index in [4.69, 9.17) is 11.0 Å². The van der Waals surface area contributed by atoms with Crippen molar-refractivity contribution >= 4 is 5.82 Å². The predicted octanol–water partition coefficient (Wildman–Crippen LogP) is 1.50. The van der Waals surface area contributed by atoms with Crippen LogP contribution in [0, 0.1) is 11.3 Å². The van der Waals surface area contributed by atoms with Gasteiger partial charge in [-0.1, -0.05) is 24.3 Å². The van der Waals surface area contributed by atoms with E-state index in [0.29, 0.717) is 0 Å². The summed E-state index contributed by atoms with van der Waals surface area (Å²) in [6.07, 6.45) is 0.744. The van der Waals surface area contributed by atoms with E-state index in [-0.39, 0.29) is 11.5 Å². The normalized spacial score (nSPS) is 11.7. The maximum atomic E-state index is 8.87. The molecule has 3 rings (SSSR count). The average Bonchev–Trinajstić information content (AvgIpc) is 2.65. The summed E-state index contributed by atoms with van der Waals surface area (Å²) in [7, 11) is 0. The molecule has 0 amide bonds. The number of benzene rings is 1. The number of hydrogen-bond donors (Lipinski definition) is 1. The molecule has 1 heterocycles. The summed E-state index contributed by atoms with van der Waals surface area (Å²) in [6, 6.07) is 9.93. The second-order valence-electron chi connectivity index (χ2n) is 3.70. The van der Waals surface area contributed by atoms with Crippen LogP contribution in [0.5, 0.6) is 0 Å². The van der Waals surface area contributed by atoms with Crippen LogP contribution in [-0.2, 0) is 6.42 Å². The third kappa shape index (κ3) is 1.09. The number of anilines is 1. The van der Waals surface area contributed by atoms with Gasteiger partial charge >= 0.3 is 0 Å². The van der Waals surface area contributed by atoms with Gasteiger partial charge in [-0.2, -0.15) is 5.26 Å². The highest BCUT2D eigenvalue weighted by atomic mass is 14.9. The third-order valence-electron chi connectivity index (χ3n) is 2.73. The highest BCUT2D eigenvalue weighted by molar-refractivity contribution is 5.73. The Morgan fingerprint density at radius 3 is 2.88 bits per heavy atom. The van der Waals surface area contributed by atoms with Crippen LogP contribution in [0.1, 0.15) is 17.0 Å². The van der Waals surface area contributed by atoms with Gasteiger partial charge in [0.15, 0.2) is 11.5 Å². The Labute approximate surface area is 92.4 Å². The zero-order chi connectivity index (χ0) is 11.1. The molecule has 16 heavy (non-hydrogen) atoms. The van der Waals surface area contributed by atoms with Crippen molar-refractivity contribution in [2.45, 2.75) is 6.42 Å². The summed E-state index contributed by atoms with van der Waals surface area (Å²) < 4.78 is 0. The minimum atomic E-state index is 0.204. The molecule has 1 aromatic heterocycles. The lowest BCUT2D eigenvalue weighted by Gasteiger charge is -2.01. The lowest BCUT2D eigenvalue weighted by atomic mass is 10.1. The zero-order valence-corrected chi connectivity index (χ0v) is 8.44. The maximum Gasteiger partial charge on any atom is 0.183 e. The molecule has 4 nitrogen and oxygen atoms in total. The van der Waals surface area contributed by atoms with E-state index in [0.717, 1.165) is 23.4 Å². The van der Waals surface area contributed by atoms with Gasteiger partial charge in [0, 0.05) is 12.0 Å². The summed E-state index contributed by atoms with van der Waals surface area (Å²) >= 11 is 0. The van der Waals surface area contributed by atoms with E-state index in [2.05, 4.69) is 9.97 Å². The fourth-order valence-electron chi connectivity index (χ4n) is 1.99. The first kappa shape index (κ1) is 8.86. The molecule has 1 aliphatic rings. The van der Waals surface area contributed by atoms with Gasteiger partial charge in [-0.3, -0.25) is 0 Å². The molecule has 1 aromatic carbocycles. The van der Waals surface area contributed by atoms with Crippen LogP contribution in [0.15, 0.2) is 24.3 Å². The second kappa shape index (κ2) is 3.04. The second-order valence-corrected chi connectivity index (χ2v) is 3.70. The summed E-state index contributed by atoms with van der Waals surface area (Å²) in [4.78, 5) is 8.50. The van der Waals surface area contributed by atoms with Gasteiger partial charge < -0.3 is 5.73 Å². The molecule has 0 fully saturated rings. The predicted molar refractivity (Wildman–Crippen MR) is 59.4 cm³/mol. The molecule has 1 aliphatic carbocycles. The SMILES string of the molecule is N#Cc1nc2c(nc1N)Cc1ccccc1-2. The topological polar surface area (TPSA) is 75.6 Å². The fraction of sp³-hybridized carbons (Fsp3) is 0.0833. The van der Waals surface area contributed by atoms with Crippen molar-refractivity contribution in [3.63, 3.8) is 0 Å². The first-order valence-electron chi connectivity index (χ1n) is 4.94. The Morgan fingerprint density at radius 1 is 1.25 bits per heavy atom. The molecule has 2 N–H and O–H groups in total. The van der Waals surface area contributed by atoms with Gasteiger partial charge in [-0.05, 0) is 5.56 Å². The van der Waals surface area contributed by atoms with Crippen molar-refractivity contribution in [3.8, 4) is 17.3 Å². The smallest absolute Gasteiger partial charge is 0.183 e. The molecule has 0 aliphatic heterocycles. The van der Waals surface area contributed by atoms with Crippen molar-refractivity contribution in [3.05, 3.63) is 41.2 Å². The van der Waals surface area contributed by atoms with Crippen LogP contribution in [0.25, 0.3) is 11.3 Å². The van der Waals surface area contributed by atoms with Crippen molar-refractivity contribution < 1.29 is 0 Å². The summed E-state index contributed by atoms with van der Waals surface area (Å²) in [5.41, 5.74) is 9.74. The quantitative estimate of drug-likeness (QED) is 0.607. The third-order valence-corrected chi connectivity index (χ3v) is 2.73. The molecule has 76 valence electrons. The van der Waals surface area contributed by atoms with E-state index in [1.807, 2.05) is 30.3 Å². The van der Waals surface area contributed by atoms with E-state index in [9.17, 15) is 0 Å². The first-order valence-corrected chi connectivity index (χ1v) is 4.94. The lowest BCUT2D eigenvalue weighted by molar-refractivity contribution is 1.08. The molecule has 0 bridgehead atoms. The number of nitriles is 1. The Bertz CT molecular complexity index is 625. The summed E-state index contributed by atoms with van der Waals surface area (Å²) in [6.45, 7) is 0. The van der Waals surface area contributed by atoms with E-state index >= 15 is 0 Å². The fourth-order valence-corrected chi connectivity index (χ4v) is 1.99. The Hall–Kier alpha value is -2.41. The number of aromatic nitrogens is 2. The minimum absolute atomic E-state index is 0.204. The van der Waals surface area contributed by atoms with Crippen molar-refractivity contribution in [2.24, 2.45) is 0 Å². The molecule has 0 unspecified atom stereocenters. The average molecular weight is 208 g/mol. The van der Waals surface area contributed by atoms with Gasteiger partial charge in [-0.15, -0.1) is 0 Å². The molecule has 2 aromatic rings. The van der Waals surface area contributed by atoms with Crippen LogP contribution < -0.4 is 5.73 Å². The van der Waals surface area contributed by atoms with Crippen molar-refractivity contribution in [1.29, 1.82) is 5.26 Å².